The maximum Gasteiger partial charge on any atom is 0.274 e. The van der Waals surface area contributed by atoms with Crippen molar-refractivity contribution in [1.82, 2.24) is 14.8 Å². The van der Waals surface area contributed by atoms with Gasteiger partial charge in [0.05, 0.1) is 30.6 Å². The molecule has 1 saturated carbocycles. The van der Waals surface area contributed by atoms with E-state index < -0.39 is 17.3 Å². The molecule has 3 amide bonds. The summed E-state index contributed by atoms with van der Waals surface area (Å²) in [6, 6.07) is 7.74. The fraction of sp³-hybridized carbons (Fsp3) is 0.423. The molecule has 2 N–H and O–H groups in total. The van der Waals surface area contributed by atoms with Crippen LogP contribution in [0.3, 0.4) is 0 Å². The predicted octanol–water partition coefficient (Wildman–Crippen LogP) is 4.20. The first kappa shape index (κ1) is 23.1. The van der Waals surface area contributed by atoms with E-state index in [-0.39, 0.29) is 42.3 Å². The van der Waals surface area contributed by atoms with Crippen molar-refractivity contribution in [2.75, 3.05) is 5.32 Å². The normalized spacial score (nSPS) is 20.7. The molecule has 3 aromatic rings. The zero-order chi connectivity index (χ0) is 24.7. The minimum atomic E-state index is -1.23. The number of halogens is 1. The van der Waals surface area contributed by atoms with E-state index in [2.05, 4.69) is 10.6 Å². The molecule has 1 fully saturated rings. The number of carbonyl (C=O) groups is 3. The Kier molecular flexibility index (Phi) is 5.86. The molecule has 0 bridgehead atoms. The lowest BCUT2D eigenvalue weighted by Gasteiger charge is -2.44. The molecule has 2 aliphatic rings. The van der Waals surface area contributed by atoms with Gasteiger partial charge in [-0.15, -0.1) is 0 Å². The Hall–Kier alpha value is -3.62. The number of hydrogen-bond acceptors (Lipinski definition) is 4. The zero-order valence-corrected chi connectivity index (χ0v) is 19.9. The lowest BCUT2D eigenvalue weighted by Crippen LogP contribution is -2.64. The van der Waals surface area contributed by atoms with E-state index in [1.165, 1.54) is 30.2 Å². The second-order valence-corrected chi connectivity index (χ2v) is 9.71. The molecule has 8 nitrogen and oxygen atoms in total. The summed E-state index contributed by atoms with van der Waals surface area (Å²) in [5.74, 6) is -0.996. The molecule has 1 aliphatic heterocycles. The number of nitrogens with zero attached hydrogens (tertiary/aromatic N) is 2. The number of nitrogens with one attached hydrogen (secondary N) is 2. The fourth-order valence-electron chi connectivity index (χ4n) is 5.35. The van der Waals surface area contributed by atoms with Crippen LogP contribution in [-0.2, 0) is 22.7 Å². The van der Waals surface area contributed by atoms with Gasteiger partial charge in [-0.05, 0) is 50.1 Å². The summed E-state index contributed by atoms with van der Waals surface area (Å²) >= 11 is 0. The Bertz CT molecular complexity index is 1290. The second-order valence-electron chi connectivity index (χ2n) is 9.71. The number of hydrogen-bond donors (Lipinski definition) is 2. The van der Waals surface area contributed by atoms with Crippen LogP contribution in [0.2, 0.25) is 0 Å². The largest absolute Gasteiger partial charge is 0.467 e. The maximum absolute atomic E-state index is 14.2. The summed E-state index contributed by atoms with van der Waals surface area (Å²) in [5.41, 5.74) is -0.193. The van der Waals surface area contributed by atoms with Crippen LogP contribution in [0.1, 0.15) is 62.2 Å². The second kappa shape index (κ2) is 8.87. The number of benzene rings is 1. The fourth-order valence-corrected chi connectivity index (χ4v) is 5.35. The topological polar surface area (TPSA) is 96.6 Å². The van der Waals surface area contributed by atoms with Gasteiger partial charge >= 0.3 is 0 Å². The highest BCUT2D eigenvalue weighted by molar-refractivity contribution is 6.14. The van der Waals surface area contributed by atoms with Gasteiger partial charge in [-0.25, -0.2) is 4.39 Å². The zero-order valence-electron chi connectivity index (χ0n) is 19.9. The highest BCUT2D eigenvalue weighted by Gasteiger charge is 2.49. The SMILES string of the molecule is CC(=O)Nc1c2n(c3ccc(F)cc13)C[C@](C)(C(=O)NC1CCCCC1)N(Cc1ccco1)C2=O. The van der Waals surface area contributed by atoms with E-state index in [9.17, 15) is 18.8 Å². The van der Waals surface area contributed by atoms with Gasteiger partial charge in [0, 0.05) is 18.4 Å². The van der Waals surface area contributed by atoms with Crippen LogP contribution in [0, 0.1) is 5.82 Å². The number of amides is 3. The van der Waals surface area contributed by atoms with E-state index in [1.54, 1.807) is 29.7 Å². The van der Waals surface area contributed by atoms with Gasteiger partial charge < -0.3 is 24.5 Å². The van der Waals surface area contributed by atoms with Gasteiger partial charge in [0.25, 0.3) is 5.91 Å². The minimum absolute atomic E-state index is 0.0699. The smallest absolute Gasteiger partial charge is 0.274 e. The third-order valence-corrected chi connectivity index (χ3v) is 7.16. The highest BCUT2D eigenvalue weighted by Crippen LogP contribution is 2.40. The number of aromatic nitrogens is 1. The van der Waals surface area contributed by atoms with E-state index in [4.69, 9.17) is 4.42 Å². The summed E-state index contributed by atoms with van der Waals surface area (Å²) < 4.78 is 21.4. The summed E-state index contributed by atoms with van der Waals surface area (Å²) in [6.45, 7) is 3.32. The molecule has 184 valence electrons. The van der Waals surface area contributed by atoms with Crippen LogP contribution < -0.4 is 10.6 Å². The third-order valence-electron chi connectivity index (χ3n) is 7.16. The number of furan rings is 1. The van der Waals surface area contributed by atoms with Gasteiger partial charge in [0.2, 0.25) is 11.8 Å². The quantitative estimate of drug-likeness (QED) is 0.572. The first-order valence-electron chi connectivity index (χ1n) is 12.0. The maximum atomic E-state index is 14.2. The van der Waals surface area contributed by atoms with Crippen molar-refractivity contribution in [2.45, 2.75) is 70.6 Å². The Morgan fingerprint density at radius 1 is 1.20 bits per heavy atom. The summed E-state index contributed by atoms with van der Waals surface area (Å²) in [4.78, 5) is 41.3. The van der Waals surface area contributed by atoms with Crippen molar-refractivity contribution in [3.63, 3.8) is 0 Å². The standard InChI is InChI=1S/C26H29FN4O4/c1-16(32)28-22-20-13-17(27)10-11-21(20)30-15-26(2,25(34)29-18-7-4-3-5-8-18)31(24(33)23(22)30)14-19-9-6-12-35-19/h6,9-13,18H,3-5,7-8,14-15H2,1-2H3,(H,28,32)(H,29,34)/t26-/m1/s1. The van der Waals surface area contributed by atoms with E-state index in [1.807, 2.05) is 0 Å². The van der Waals surface area contributed by atoms with Crippen molar-refractivity contribution >= 4 is 34.3 Å². The van der Waals surface area contributed by atoms with Gasteiger partial charge in [0.1, 0.15) is 22.8 Å². The first-order chi connectivity index (χ1) is 16.8. The molecule has 0 spiro atoms. The van der Waals surface area contributed by atoms with Crippen molar-refractivity contribution in [3.05, 3.63) is 53.9 Å². The van der Waals surface area contributed by atoms with Crippen LogP contribution in [-0.4, -0.2) is 38.8 Å². The Morgan fingerprint density at radius 3 is 2.66 bits per heavy atom. The molecule has 1 aromatic carbocycles. The molecule has 5 rings (SSSR count). The molecular weight excluding hydrogens is 451 g/mol. The van der Waals surface area contributed by atoms with Gasteiger partial charge in [-0.1, -0.05) is 19.3 Å². The van der Waals surface area contributed by atoms with Crippen LogP contribution in [0.25, 0.3) is 10.9 Å². The number of carbonyl (C=O) groups excluding carboxylic acids is 3. The lowest BCUT2D eigenvalue weighted by molar-refractivity contribution is -0.134. The third kappa shape index (κ3) is 4.09. The van der Waals surface area contributed by atoms with Crippen molar-refractivity contribution in [2.24, 2.45) is 0 Å². The number of rotatable bonds is 5. The minimum Gasteiger partial charge on any atom is -0.467 e. The summed E-state index contributed by atoms with van der Waals surface area (Å²) in [7, 11) is 0. The molecule has 0 unspecified atom stereocenters. The van der Waals surface area contributed by atoms with Gasteiger partial charge in [-0.3, -0.25) is 14.4 Å². The van der Waals surface area contributed by atoms with E-state index >= 15 is 0 Å². The van der Waals surface area contributed by atoms with E-state index in [0.29, 0.717) is 16.7 Å². The van der Waals surface area contributed by atoms with Crippen LogP contribution in [0.4, 0.5) is 10.1 Å². The van der Waals surface area contributed by atoms with E-state index in [0.717, 1.165) is 32.1 Å². The van der Waals surface area contributed by atoms with Gasteiger partial charge in [0.15, 0.2) is 0 Å². The highest BCUT2D eigenvalue weighted by atomic mass is 19.1. The summed E-state index contributed by atoms with van der Waals surface area (Å²) in [5, 5.41) is 6.31. The molecule has 3 heterocycles. The van der Waals surface area contributed by atoms with Crippen molar-refractivity contribution < 1.29 is 23.2 Å². The average Bonchev–Trinajstić information content (AvgIpc) is 3.43. The van der Waals surface area contributed by atoms with Crippen molar-refractivity contribution in [1.29, 1.82) is 0 Å². The molecule has 0 saturated heterocycles. The molecule has 2 aromatic heterocycles. The Morgan fingerprint density at radius 2 is 1.97 bits per heavy atom. The number of fused-ring (bicyclic) bond motifs is 3. The molecule has 0 radical (unpaired) electrons. The molecule has 9 heteroatoms. The first-order valence-corrected chi connectivity index (χ1v) is 12.0. The molecule has 35 heavy (non-hydrogen) atoms. The molecule has 1 aliphatic carbocycles. The monoisotopic (exact) mass is 480 g/mol. The van der Waals surface area contributed by atoms with Crippen molar-refractivity contribution in [3.8, 4) is 0 Å². The van der Waals surface area contributed by atoms with Crippen LogP contribution >= 0.6 is 0 Å². The van der Waals surface area contributed by atoms with Crippen LogP contribution in [0.5, 0.6) is 0 Å². The average molecular weight is 481 g/mol. The van der Waals surface area contributed by atoms with Crippen LogP contribution in [0.15, 0.2) is 41.0 Å². The predicted molar refractivity (Wildman–Crippen MR) is 128 cm³/mol. The Balaban J connectivity index is 1.63. The lowest BCUT2D eigenvalue weighted by atomic mass is 9.91. The Labute approximate surface area is 202 Å². The molecular formula is C26H29FN4O4. The molecule has 1 atom stereocenters. The number of anilines is 1. The summed E-state index contributed by atoms with van der Waals surface area (Å²) in [6.07, 6.45) is 6.64. The van der Waals surface area contributed by atoms with Gasteiger partial charge in [-0.2, -0.15) is 0 Å².